The van der Waals surface area contributed by atoms with Crippen molar-refractivity contribution in [1.82, 2.24) is 0 Å². The van der Waals surface area contributed by atoms with Crippen molar-refractivity contribution >= 4 is 37.3 Å². The van der Waals surface area contributed by atoms with Crippen LogP contribution in [0.5, 0.6) is 0 Å². The summed E-state index contributed by atoms with van der Waals surface area (Å²) < 4.78 is 40.8. The summed E-state index contributed by atoms with van der Waals surface area (Å²) in [6.07, 6.45) is 0. The fourth-order valence-corrected chi connectivity index (χ4v) is 3.09. The average Bonchev–Trinajstić information content (AvgIpc) is 2.33. The van der Waals surface area contributed by atoms with Gasteiger partial charge in [0.1, 0.15) is 10.7 Å². The summed E-state index contributed by atoms with van der Waals surface area (Å²) in [6.45, 7) is 1.76. The average molecular weight is 359 g/mol. The zero-order valence-electron chi connectivity index (χ0n) is 10.5. The molecule has 2 aromatic carbocycles. The number of aryl methyl sites for hydroxylation is 1. The fourth-order valence-electron chi connectivity index (χ4n) is 1.64. The number of anilines is 2. The van der Waals surface area contributed by atoms with E-state index in [1.807, 2.05) is 0 Å². The third kappa shape index (κ3) is 3.10. The third-order valence-corrected chi connectivity index (χ3v) is 4.61. The molecule has 2 rings (SSSR count). The van der Waals surface area contributed by atoms with Crippen LogP contribution in [0.25, 0.3) is 0 Å². The second-order valence-electron chi connectivity index (χ2n) is 4.25. The Morgan fingerprint density at radius 3 is 2.50 bits per heavy atom. The van der Waals surface area contributed by atoms with Gasteiger partial charge in [-0.3, -0.25) is 4.72 Å². The van der Waals surface area contributed by atoms with Crippen LogP contribution < -0.4 is 10.5 Å². The highest BCUT2D eigenvalue weighted by Gasteiger charge is 2.19. The second kappa shape index (κ2) is 5.41. The van der Waals surface area contributed by atoms with Crippen LogP contribution in [0.4, 0.5) is 15.8 Å². The quantitative estimate of drug-likeness (QED) is 0.827. The summed E-state index contributed by atoms with van der Waals surface area (Å²) in [5.74, 6) is -0.820. The van der Waals surface area contributed by atoms with Crippen molar-refractivity contribution in [3.8, 4) is 0 Å². The highest BCUT2D eigenvalue weighted by atomic mass is 79.9. The molecule has 0 saturated carbocycles. The molecule has 7 heteroatoms. The Kier molecular flexibility index (Phi) is 4.01. The molecule has 3 N–H and O–H groups in total. The van der Waals surface area contributed by atoms with Crippen LogP contribution in [-0.2, 0) is 10.0 Å². The Balaban J connectivity index is 2.38. The molecule has 0 radical (unpaired) electrons. The summed E-state index contributed by atoms with van der Waals surface area (Å²) in [5.41, 5.74) is 7.29. The number of hydrogen-bond donors (Lipinski definition) is 2. The number of nitrogens with two attached hydrogens (primary N) is 1. The monoisotopic (exact) mass is 358 g/mol. The molecule has 0 aliphatic heterocycles. The van der Waals surface area contributed by atoms with Crippen LogP contribution in [0.2, 0.25) is 0 Å². The molecule has 4 nitrogen and oxygen atoms in total. The van der Waals surface area contributed by atoms with Gasteiger partial charge < -0.3 is 5.73 Å². The first kappa shape index (κ1) is 14.8. The molecular weight excluding hydrogens is 347 g/mol. The van der Waals surface area contributed by atoms with Crippen LogP contribution in [0.3, 0.4) is 0 Å². The topological polar surface area (TPSA) is 72.2 Å². The summed E-state index contributed by atoms with van der Waals surface area (Å²) in [6, 6.07) is 8.46. The molecule has 0 aliphatic carbocycles. The number of hydrogen-bond acceptors (Lipinski definition) is 3. The molecular formula is C13H12BrFN2O2S. The minimum atomic E-state index is -3.98. The van der Waals surface area contributed by atoms with E-state index in [0.717, 1.165) is 11.6 Å². The summed E-state index contributed by atoms with van der Waals surface area (Å²) >= 11 is 3.08. The van der Waals surface area contributed by atoms with Gasteiger partial charge in [-0.2, -0.15) is 0 Å². The van der Waals surface area contributed by atoms with Gasteiger partial charge in [-0.15, -0.1) is 0 Å². The van der Waals surface area contributed by atoms with E-state index in [1.165, 1.54) is 18.2 Å². The van der Waals surface area contributed by atoms with E-state index in [0.29, 0.717) is 15.8 Å². The van der Waals surface area contributed by atoms with E-state index < -0.39 is 20.7 Å². The van der Waals surface area contributed by atoms with Crippen molar-refractivity contribution in [2.45, 2.75) is 11.8 Å². The second-order valence-corrected chi connectivity index (χ2v) is 6.82. The molecule has 0 atom stereocenters. The molecule has 0 heterocycles. The molecule has 0 bridgehead atoms. The Morgan fingerprint density at radius 1 is 1.20 bits per heavy atom. The molecule has 0 amide bonds. The van der Waals surface area contributed by atoms with E-state index in [4.69, 9.17) is 5.73 Å². The van der Waals surface area contributed by atoms with Crippen molar-refractivity contribution in [3.63, 3.8) is 0 Å². The van der Waals surface area contributed by atoms with Gasteiger partial charge in [0.15, 0.2) is 0 Å². The zero-order valence-corrected chi connectivity index (χ0v) is 12.9. The zero-order chi connectivity index (χ0) is 14.9. The predicted octanol–water partition coefficient (Wildman–Crippen LogP) is 3.28. The SMILES string of the molecule is Cc1cc(NS(=O)(=O)c2ccc(Br)cc2F)ccc1N. The smallest absolute Gasteiger partial charge is 0.264 e. The Bertz CT molecular complexity index is 763. The van der Waals surface area contributed by atoms with Crippen LogP contribution >= 0.6 is 15.9 Å². The molecule has 0 aromatic heterocycles. The van der Waals surface area contributed by atoms with Gasteiger partial charge in [0.05, 0.1) is 0 Å². The number of halogens is 2. The Labute approximate surface area is 125 Å². The van der Waals surface area contributed by atoms with Gasteiger partial charge in [-0.25, -0.2) is 12.8 Å². The Hall–Kier alpha value is -1.60. The highest BCUT2D eigenvalue weighted by molar-refractivity contribution is 9.10. The molecule has 106 valence electrons. The number of nitrogens with one attached hydrogen (secondary N) is 1. The predicted molar refractivity (Wildman–Crippen MR) is 80.5 cm³/mol. The maximum absolute atomic E-state index is 13.7. The maximum atomic E-state index is 13.7. The van der Waals surface area contributed by atoms with Gasteiger partial charge in [-0.05, 0) is 48.9 Å². The van der Waals surface area contributed by atoms with Gasteiger partial charge in [0, 0.05) is 15.8 Å². The van der Waals surface area contributed by atoms with Gasteiger partial charge in [0.25, 0.3) is 10.0 Å². The van der Waals surface area contributed by atoms with Crippen LogP contribution in [0.1, 0.15) is 5.56 Å². The minimum Gasteiger partial charge on any atom is -0.399 e. The lowest BCUT2D eigenvalue weighted by Crippen LogP contribution is -2.14. The van der Waals surface area contributed by atoms with Gasteiger partial charge in [-0.1, -0.05) is 15.9 Å². The van der Waals surface area contributed by atoms with E-state index in [-0.39, 0.29) is 0 Å². The van der Waals surface area contributed by atoms with Crippen molar-refractivity contribution in [2.24, 2.45) is 0 Å². The first-order chi connectivity index (χ1) is 9.29. The normalized spacial score (nSPS) is 11.3. The summed E-state index contributed by atoms with van der Waals surface area (Å²) in [4.78, 5) is -0.407. The molecule has 0 aliphatic rings. The lowest BCUT2D eigenvalue weighted by atomic mass is 10.2. The van der Waals surface area contributed by atoms with Crippen LogP contribution in [-0.4, -0.2) is 8.42 Å². The van der Waals surface area contributed by atoms with Gasteiger partial charge >= 0.3 is 0 Å². The van der Waals surface area contributed by atoms with E-state index in [1.54, 1.807) is 19.1 Å². The number of sulfonamides is 1. The summed E-state index contributed by atoms with van der Waals surface area (Å²) in [7, 11) is -3.98. The first-order valence-corrected chi connectivity index (χ1v) is 7.91. The third-order valence-electron chi connectivity index (χ3n) is 2.71. The van der Waals surface area contributed by atoms with Crippen LogP contribution in [0.15, 0.2) is 45.8 Å². The molecule has 20 heavy (non-hydrogen) atoms. The Morgan fingerprint density at radius 2 is 1.90 bits per heavy atom. The molecule has 0 saturated heterocycles. The molecule has 2 aromatic rings. The van der Waals surface area contributed by atoms with E-state index in [9.17, 15) is 12.8 Å². The number of rotatable bonds is 3. The molecule has 0 spiro atoms. The van der Waals surface area contributed by atoms with Crippen LogP contribution in [0, 0.1) is 12.7 Å². The maximum Gasteiger partial charge on any atom is 0.264 e. The fraction of sp³-hybridized carbons (Fsp3) is 0.0769. The van der Waals surface area contributed by atoms with Crippen molar-refractivity contribution in [1.29, 1.82) is 0 Å². The summed E-state index contributed by atoms with van der Waals surface area (Å²) in [5, 5.41) is 0. The first-order valence-electron chi connectivity index (χ1n) is 5.63. The van der Waals surface area contributed by atoms with Crippen molar-refractivity contribution in [3.05, 3.63) is 52.3 Å². The lowest BCUT2D eigenvalue weighted by Gasteiger charge is -2.10. The van der Waals surface area contributed by atoms with Crippen molar-refractivity contribution in [2.75, 3.05) is 10.5 Å². The largest absolute Gasteiger partial charge is 0.399 e. The minimum absolute atomic E-state index is 0.332. The highest BCUT2D eigenvalue weighted by Crippen LogP contribution is 2.23. The van der Waals surface area contributed by atoms with E-state index in [2.05, 4.69) is 20.7 Å². The standard InChI is InChI=1S/C13H12BrFN2O2S/c1-8-6-10(3-4-12(8)16)17-20(18,19)13-5-2-9(14)7-11(13)15/h2-7,17H,16H2,1H3. The van der Waals surface area contributed by atoms with Gasteiger partial charge in [0.2, 0.25) is 0 Å². The van der Waals surface area contributed by atoms with Crippen molar-refractivity contribution < 1.29 is 12.8 Å². The van der Waals surface area contributed by atoms with E-state index >= 15 is 0 Å². The molecule has 0 unspecified atom stereocenters. The lowest BCUT2D eigenvalue weighted by molar-refractivity contribution is 0.570. The number of benzene rings is 2. The molecule has 0 fully saturated rings. The number of nitrogen functional groups attached to an aromatic ring is 1.